The Hall–Kier alpha value is -1.39. The summed E-state index contributed by atoms with van der Waals surface area (Å²) in [5.74, 6) is 1.76. The number of carbonyl (C=O) groups excluding carboxylic acids is 1. The molecule has 1 N–H and O–H groups in total. The lowest BCUT2D eigenvalue weighted by atomic mass is 9.75. The number of benzene rings is 1. The topological polar surface area (TPSA) is 35.6 Å². The minimum atomic E-state index is 0.0631. The molecule has 4 fully saturated rings. The molecule has 1 amide bonds. The summed E-state index contributed by atoms with van der Waals surface area (Å²) in [7, 11) is 0. The van der Waals surface area contributed by atoms with Crippen molar-refractivity contribution >= 4 is 5.91 Å². The molecule has 4 nitrogen and oxygen atoms in total. The van der Waals surface area contributed by atoms with Crippen molar-refractivity contribution in [2.75, 3.05) is 39.3 Å². The van der Waals surface area contributed by atoms with Crippen LogP contribution in [-0.4, -0.2) is 61.0 Å². The maximum atomic E-state index is 12.3. The quantitative estimate of drug-likeness (QED) is 0.894. The first-order valence-electron chi connectivity index (χ1n) is 10.1. The molecule has 4 heterocycles. The third kappa shape index (κ3) is 4.06. The molecule has 2 bridgehead atoms. The summed E-state index contributed by atoms with van der Waals surface area (Å²) in [5.41, 5.74) is 0.765. The van der Waals surface area contributed by atoms with E-state index in [1.165, 1.54) is 64.8 Å². The van der Waals surface area contributed by atoms with E-state index < -0.39 is 0 Å². The molecule has 5 rings (SSSR count). The Morgan fingerprint density at radius 3 is 2.60 bits per heavy atom. The Bertz CT molecular complexity index is 570. The fraction of sp³-hybridized carbons (Fsp3) is 0.667. The van der Waals surface area contributed by atoms with Gasteiger partial charge in [-0.25, -0.2) is 0 Å². The first-order chi connectivity index (χ1) is 12.3. The van der Waals surface area contributed by atoms with Crippen LogP contribution in [0.15, 0.2) is 30.3 Å². The first kappa shape index (κ1) is 17.0. The number of rotatable bonds is 5. The predicted octanol–water partition coefficient (Wildman–Crippen LogP) is 2.61. The minimum Gasteiger partial charge on any atom is -0.350 e. The molecule has 0 aliphatic carbocycles. The molecule has 25 heavy (non-hydrogen) atoms. The van der Waals surface area contributed by atoms with Gasteiger partial charge in [0.05, 0.1) is 0 Å². The van der Waals surface area contributed by atoms with Crippen molar-refractivity contribution in [2.24, 2.45) is 11.8 Å². The van der Waals surface area contributed by atoms with Gasteiger partial charge in [-0.2, -0.15) is 0 Å². The second-order valence-corrected chi connectivity index (χ2v) is 8.13. The van der Waals surface area contributed by atoms with Crippen molar-refractivity contribution < 1.29 is 4.79 Å². The molecule has 4 aliphatic heterocycles. The molecule has 1 aromatic carbocycles. The Morgan fingerprint density at radius 1 is 1.08 bits per heavy atom. The van der Waals surface area contributed by atoms with Gasteiger partial charge in [-0.15, -0.1) is 0 Å². The number of likely N-dealkylation sites (tertiary alicyclic amines) is 1. The van der Waals surface area contributed by atoms with Gasteiger partial charge in [0.15, 0.2) is 0 Å². The van der Waals surface area contributed by atoms with E-state index in [1.54, 1.807) is 0 Å². The smallest absolute Gasteiger partial charge is 0.251 e. The van der Waals surface area contributed by atoms with Crippen LogP contribution in [0.3, 0.4) is 0 Å². The molecule has 4 heteroatoms. The molecular weight excluding hydrogens is 310 g/mol. The zero-order valence-electron chi connectivity index (χ0n) is 15.2. The van der Waals surface area contributed by atoms with Gasteiger partial charge in [0, 0.05) is 31.2 Å². The van der Waals surface area contributed by atoms with E-state index in [9.17, 15) is 4.79 Å². The number of fused-ring (bicyclic) bond motifs is 3. The number of piperidine rings is 4. The standard InChI is InChI=1S/C21H31N3O/c25-21(17-7-3-1-4-8-17)22-14-20-13-18-9-12-24(20)16-19(18)15-23-10-5-2-6-11-23/h1,3-4,7-8,18-20H,2,5-6,9-16H2,(H,22,25)/t18-,19-,20+/m0/s1. The van der Waals surface area contributed by atoms with Gasteiger partial charge in [0.2, 0.25) is 0 Å². The van der Waals surface area contributed by atoms with E-state index in [-0.39, 0.29) is 5.91 Å². The molecule has 1 aromatic rings. The number of nitrogens with zero attached hydrogens (tertiary/aromatic N) is 2. The van der Waals surface area contributed by atoms with Gasteiger partial charge in [-0.05, 0) is 69.3 Å². The highest BCUT2D eigenvalue weighted by Crippen LogP contribution is 2.36. The van der Waals surface area contributed by atoms with E-state index >= 15 is 0 Å². The summed E-state index contributed by atoms with van der Waals surface area (Å²) >= 11 is 0. The van der Waals surface area contributed by atoms with Crippen LogP contribution in [0, 0.1) is 11.8 Å². The number of hydrogen-bond donors (Lipinski definition) is 1. The second kappa shape index (κ2) is 7.88. The minimum absolute atomic E-state index is 0.0631. The third-order valence-corrected chi connectivity index (χ3v) is 6.49. The summed E-state index contributed by atoms with van der Waals surface area (Å²) in [6, 6.07) is 10.1. The lowest BCUT2D eigenvalue weighted by Gasteiger charge is -2.51. The SMILES string of the molecule is O=C(NC[C@H]1C[C@@H]2CCN1C[C@@H]2CN1CCCCC1)c1ccccc1. The number of carbonyl (C=O) groups is 1. The van der Waals surface area contributed by atoms with Crippen LogP contribution in [0.5, 0.6) is 0 Å². The van der Waals surface area contributed by atoms with E-state index in [1.807, 2.05) is 30.3 Å². The largest absolute Gasteiger partial charge is 0.350 e. The van der Waals surface area contributed by atoms with E-state index in [0.717, 1.165) is 23.9 Å². The fourth-order valence-electron chi connectivity index (χ4n) is 5.04. The molecule has 1 unspecified atom stereocenters. The van der Waals surface area contributed by atoms with Crippen molar-refractivity contribution in [3.63, 3.8) is 0 Å². The van der Waals surface area contributed by atoms with Crippen molar-refractivity contribution in [2.45, 2.75) is 38.1 Å². The van der Waals surface area contributed by atoms with Crippen LogP contribution < -0.4 is 5.32 Å². The zero-order chi connectivity index (χ0) is 17.1. The summed E-state index contributed by atoms with van der Waals surface area (Å²) < 4.78 is 0. The van der Waals surface area contributed by atoms with E-state index in [2.05, 4.69) is 15.1 Å². The van der Waals surface area contributed by atoms with Crippen LogP contribution in [0.2, 0.25) is 0 Å². The Kier molecular flexibility index (Phi) is 5.37. The van der Waals surface area contributed by atoms with Crippen LogP contribution >= 0.6 is 0 Å². The predicted molar refractivity (Wildman–Crippen MR) is 101 cm³/mol. The molecule has 4 saturated heterocycles. The molecule has 4 aliphatic rings. The fourth-order valence-corrected chi connectivity index (χ4v) is 5.04. The lowest BCUT2D eigenvalue weighted by molar-refractivity contribution is -0.0134. The van der Waals surface area contributed by atoms with Crippen molar-refractivity contribution in [3.05, 3.63) is 35.9 Å². The number of amides is 1. The summed E-state index contributed by atoms with van der Waals surface area (Å²) in [6.45, 7) is 7.14. The average Bonchev–Trinajstić information content (AvgIpc) is 2.68. The Labute approximate surface area is 151 Å². The van der Waals surface area contributed by atoms with E-state index in [0.29, 0.717) is 6.04 Å². The normalized spacial score (nSPS) is 32.5. The van der Waals surface area contributed by atoms with Crippen LogP contribution in [0.25, 0.3) is 0 Å². The first-order valence-corrected chi connectivity index (χ1v) is 10.1. The van der Waals surface area contributed by atoms with Gasteiger partial charge >= 0.3 is 0 Å². The lowest BCUT2D eigenvalue weighted by Crippen LogP contribution is -2.58. The Balaban J connectivity index is 1.27. The average molecular weight is 341 g/mol. The Morgan fingerprint density at radius 2 is 1.88 bits per heavy atom. The monoisotopic (exact) mass is 341 g/mol. The summed E-state index contributed by atoms with van der Waals surface area (Å²) in [4.78, 5) is 17.6. The highest BCUT2D eigenvalue weighted by atomic mass is 16.1. The number of hydrogen-bond acceptors (Lipinski definition) is 3. The van der Waals surface area contributed by atoms with Crippen molar-refractivity contribution in [1.29, 1.82) is 0 Å². The summed E-state index contributed by atoms with van der Waals surface area (Å²) in [5, 5.41) is 3.16. The van der Waals surface area contributed by atoms with E-state index in [4.69, 9.17) is 0 Å². The maximum Gasteiger partial charge on any atom is 0.251 e. The van der Waals surface area contributed by atoms with Gasteiger partial charge in [-0.1, -0.05) is 24.6 Å². The highest BCUT2D eigenvalue weighted by molar-refractivity contribution is 5.94. The summed E-state index contributed by atoms with van der Waals surface area (Å²) in [6.07, 6.45) is 6.79. The maximum absolute atomic E-state index is 12.3. The molecule has 0 spiro atoms. The molecule has 0 aromatic heterocycles. The van der Waals surface area contributed by atoms with Gasteiger partial charge in [0.1, 0.15) is 0 Å². The molecule has 0 saturated carbocycles. The highest BCUT2D eigenvalue weighted by Gasteiger charge is 2.40. The van der Waals surface area contributed by atoms with Gasteiger partial charge < -0.3 is 10.2 Å². The van der Waals surface area contributed by atoms with Crippen LogP contribution in [0.1, 0.15) is 42.5 Å². The molecule has 0 radical (unpaired) electrons. The van der Waals surface area contributed by atoms with Gasteiger partial charge in [0.25, 0.3) is 5.91 Å². The van der Waals surface area contributed by atoms with Gasteiger partial charge in [-0.3, -0.25) is 9.69 Å². The zero-order valence-corrected chi connectivity index (χ0v) is 15.2. The van der Waals surface area contributed by atoms with Crippen LogP contribution in [0.4, 0.5) is 0 Å². The van der Waals surface area contributed by atoms with Crippen LogP contribution in [-0.2, 0) is 0 Å². The van der Waals surface area contributed by atoms with Crippen molar-refractivity contribution in [3.8, 4) is 0 Å². The number of nitrogens with one attached hydrogen (secondary N) is 1. The third-order valence-electron chi connectivity index (χ3n) is 6.49. The molecular formula is C21H31N3O. The molecule has 4 atom stereocenters. The second-order valence-electron chi connectivity index (χ2n) is 8.13. The molecule has 136 valence electrons. The van der Waals surface area contributed by atoms with Crippen molar-refractivity contribution in [1.82, 2.24) is 15.1 Å².